The maximum atomic E-state index is 12.3. The highest BCUT2D eigenvalue weighted by Gasteiger charge is 2.25. The van der Waals surface area contributed by atoms with Crippen LogP contribution in [0.5, 0.6) is 11.5 Å². The quantitative estimate of drug-likeness (QED) is 0.580. The summed E-state index contributed by atoms with van der Waals surface area (Å²) in [5.74, 6) is 1.05. The molecule has 3 rings (SSSR count). The van der Waals surface area contributed by atoms with E-state index in [0.717, 1.165) is 23.1 Å². The fourth-order valence-corrected chi connectivity index (χ4v) is 2.65. The van der Waals surface area contributed by atoms with Crippen molar-refractivity contribution >= 4 is 17.9 Å². The molecular formula is C21H21NO4. The van der Waals surface area contributed by atoms with Crippen molar-refractivity contribution in [2.24, 2.45) is 4.99 Å². The van der Waals surface area contributed by atoms with Gasteiger partial charge < -0.3 is 14.2 Å². The zero-order chi connectivity index (χ0) is 18.5. The summed E-state index contributed by atoms with van der Waals surface area (Å²) < 4.78 is 16.5. The molecule has 2 aromatic rings. The van der Waals surface area contributed by atoms with Crippen LogP contribution in [0.1, 0.15) is 30.0 Å². The van der Waals surface area contributed by atoms with Crippen LogP contribution in [0.2, 0.25) is 0 Å². The van der Waals surface area contributed by atoms with Crippen LogP contribution >= 0.6 is 0 Å². The number of benzene rings is 2. The minimum Gasteiger partial charge on any atom is -0.493 e. The van der Waals surface area contributed by atoms with Gasteiger partial charge in [0.2, 0.25) is 5.90 Å². The largest absolute Gasteiger partial charge is 0.493 e. The van der Waals surface area contributed by atoms with Gasteiger partial charge in [-0.3, -0.25) is 0 Å². The number of carbonyl (C=O) groups is 1. The maximum absolute atomic E-state index is 12.3. The lowest BCUT2D eigenvalue weighted by Crippen LogP contribution is -2.06. The first-order valence-electron chi connectivity index (χ1n) is 8.52. The van der Waals surface area contributed by atoms with Crippen molar-refractivity contribution in [1.82, 2.24) is 0 Å². The fraction of sp³-hybridized carbons (Fsp3) is 0.238. The molecule has 0 atom stereocenters. The van der Waals surface area contributed by atoms with Gasteiger partial charge in [-0.05, 0) is 37.1 Å². The van der Waals surface area contributed by atoms with E-state index in [1.165, 1.54) is 0 Å². The number of methoxy groups -OCH3 is 1. The van der Waals surface area contributed by atoms with Crippen LogP contribution in [0, 0.1) is 6.92 Å². The molecule has 0 N–H and O–H groups in total. The molecule has 0 amide bonds. The molecule has 134 valence electrons. The van der Waals surface area contributed by atoms with E-state index in [1.807, 2.05) is 56.3 Å². The number of aryl methyl sites for hydroxylation is 1. The van der Waals surface area contributed by atoms with E-state index in [2.05, 4.69) is 4.99 Å². The summed E-state index contributed by atoms with van der Waals surface area (Å²) in [4.78, 5) is 16.7. The van der Waals surface area contributed by atoms with Gasteiger partial charge in [0, 0.05) is 11.1 Å². The molecule has 1 aliphatic rings. The topological polar surface area (TPSA) is 57.1 Å². The van der Waals surface area contributed by atoms with Crippen molar-refractivity contribution in [3.63, 3.8) is 0 Å². The summed E-state index contributed by atoms with van der Waals surface area (Å²) in [6.07, 6.45) is 2.53. The Morgan fingerprint density at radius 1 is 1.15 bits per heavy atom. The molecule has 1 heterocycles. The Bertz CT molecular complexity index is 883. The summed E-state index contributed by atoms with van der Waals surface area (Å²) >= 11 is 0. The highest BCUT2D eigenvalue weighted by molar-refractivity contribution is 6.13. The number of cyclic esters (lactones) is 1. The van der Waals surface area contributed by atoms with Gasteiger partial charge in [-0.2, -0.15) is 0 Å². The first kappa shape index (κ1) is 17.7. The predicted molar refractivity (Wildman–Crippen MR) is 101 cm³/mol. The third-order valence-corrected chi connectivity index (χ3v) is 3.97. The summed E-state index contributed by atoms with van der Waals surface area (Å²) in [6.45, 7) is 4.53. The SMILES string of the molecule is CCCOc1c(/C=C2\N=C(c3ccccc3C)OC2=O)cccc1OC. The lowest BCUT2D eigenvalue weighted by Gasteiger charge is -2.12. The number of nitrogens with zero attached hydrogens (tertiary/aromatic N) is 1. The highest BCUT2D eigenvalue weighted by atomic mass is 16.6. The monoisotopic (exact) mass is 351 g/mol. The highest BCUT2D eigenvalue weighted by Crippen LogP contribution is 2.33. The fourth-order valence-electron chi connectivity index (χ4n) is 2.65. The van der Waals surface area contributed by atoms with Crippen LogP contribution in [0.4, 0.5) is 0 Å². The Morgan fingerprint density at radius 2 is 1.96 bits per heavy atom. The third kappa shape index (κ3) is 3.61. The predicted octanol–water partition coefficient (Wildman–Crippen LogP) is 4.14. The zero-order valence-electron chi connectivity index (χ0n) is 15.1. The number of aliphatic imine (C=N–C) groups is 1. The number of rotatable bonds is 6. The second-order valence-electron chi connectivity index (χ2n) is 5.88. The molecule has 0 saturated carbocycles. The summed E-state index contributed by atoms with van der Waals surface area (Å²) in [5.41, 5.74) is 2.75. The van der Waals surface area contributed by atoms with E-state index in [9.17, 15) is 4.79 Å². The second-order valence-corrected chi connectivity index (χ2v) is 5.88. The first-order valence-corrected chi connectivity index (χ1v) is 8.52. The molecule has 0 bridgehead atoms. The van der Waals surface area contributed by atoms with Crippen LogP contribution in [0.25, 0.3) is 6.08 Å². The number of carbonyl (C=O) groups excluding carboxylic acids is 1. The van der Waals surface area contributed by atoms with Gasteiger partial charge in [0.1, 0.15) is 0 Å². The molecule has 0 aromatic heterocycles. The number of esters is 1. The van der Waals surface area contributed by atoms with Gasteiger partial charge in [-0.25, -0.2) is 9.79 Å². The van der Waals surface area contributed by atoms with Crippen LogP contribution in [-0.2, 0) is 9.53 Å². The Morgan fingerprint density at radius 3 is 2.69 bits per heavy atom. The number of para-hydroxylation sites is 1. The van der Waals surface area contributed by atoms with Crippen molar-refractivity contribution in [2.45, 2.75) is 20.3 Å². The standard InChI is InChI=1S/C21H21NO4/c1-4-12-25-19-15(9-7-11-18(19)24-3)13-17-21(23)26-20(22-17)16-10-6-5-8-14(16)2/h5-11,13H,4,12H2,1-3H3/b17-13-. The third-order valence-electron chi connectivity index (χ3n) is 3.97. The number of hydrogen-bond donors (Lipinski definition) is 0. The van der Waals surface area contributed by atoms with Gasteiger partial charge in [-0.1, -0.05) is 37.3 Å². The van der Waals surface area contributed by atoms with E-state index in [1.54, 1.807) is 13.2 Å². The van der Waals surface area contributed by atoms with Gasteiger partial charge in [0.15, 0.2) is 17.2 Å². The number of hydrogen-bond acceptors (Lipinski definition) is 5. The number of ether oxygens (including phenoxy) is 3. The van der Waals surface area contributed by atoms with Crippen LogP contribution < -0.4 is 9.47 Å². The Labute approximate surface area is 152 Å². The van der Waals surface area contributed by atoms with Crippen molar-refractivity contribution in [1.29, 1.82) is 0 Å². The molecule has 0 unspecified atom stereocenters. The molecule has 0 spiro atoms. The lowest BCUT2D eigenvalue weighted by molar-refractivity contribution is -0.129. The van der Waals surface area contributed by atoms with Crippen LogP contribution in [0.15, 0.2) is 53.2 Å². The van der Waals surface area contributed by atoms with Crippen LogP contribution in [-0.4, -0.2) is 25.6 Å². The molecule has 5 nitrogen and oxygen atoms in total. The van der Waals surface area contributed by atoms with Gasteiger partial charge in [0.25, 0.3) is 0 Å². The molecule has 5 heteroatoms. The van der Waals surface area contributed by atoms with Crippen molar-refractivity contribution in [3.8, 4) is 11.5 Å². The summed E-state index contributed by atoms with van der Waals surface area (Å²) in [7, 11) is 1.59. The minimum atomic E-state index is -0.479. The van der Waals surface area contributed by atoms with Crippen LogP contribution in [0.3, 0.4) is 0 Å². The molecule has 0 radical (unpaired) electrons. The second kappa shape index (κ2) is 7.87. The van der Waals surface area contributed by atoms with Crippen molar-refractivity contribution in [3.05, 3.63) is 64.9 Å². The first-order chi connectivity index (χ1) is 12.6. The molecule has 0 fully saturated rings. The molecular weight excluding hydrogens is 330 g/mol. The van der Waals surface area contributed by atoms with Crippen molar-refractivity contribution in [2.75, 3.05) is 13.7 Å². The summed E-state index contributed by atoms with van der Waals surface area (Å²) in [5, 5.41) is 0. The van der Waals surface area contributed by atoms with Gasteiger partial charge >= 0.3 is 5.97 Å². The van der Waals surface area contributed by atoms with Crippen molar-refractivity contribution < 1.29 is 19.0 Å². The maximum Gasteiger partial charge on any atom is 0.363 e. The average molecular weight is 351 g/mol. The van der Waals surface area contributed by atoms with E-state index >= 15 is 0 Å². The lowest BCUT2D eigenvalue weighted by atomic mass is 10.1. The van der Waals surface area contributed by atoms with E-state index in [-0.39, 0.29) is 5.70 Å². The average Bonchev–Trinajstić information content (AvgIpc) is 3.01. The van der Waals surface area contributed by atoms with Gasteiger partial charge in [0.05, 0.1) is 13.7 Å². The Hall–Kier alpha value is -3.08. The molecule has 0 saturated heterocycles. The molecule has 0 aliphatic carbocycles. The molecule has 26 heavy (non-hydrogen) atoms. The normalized spacial score (nSPS) is 15.0. The zero-order valence-corrected chi connectivity index (χ0v) is 15.1. The Kier molecular flexibility index (Phi) is 5.37. The van der Waals surface area contributed by atoms with Gasteiger partial charge in [-0.15, -0.1) is 0 Å². The summed E-state index contributed by atoms with van der Waals surface area (Å²) in [6, 6.07) is 13.2. The molecule has 1 aliphatic heterocycles. The smallest absolute Gasteiger partial charge is 0.363 e. The Balaban J connectivity index is 2.00. The van der Waals surface area contributed by atoms with E-state index in [4.69, 9.17) is 14.2 Å². The van der Waals surface area contributed by atoms with E-state index < -0.39 is 5.97 Å². The van der Waals surface area contributed by atoms with E-state index in [0.29, 0.717) is 24.0 Å². The minimum absolute atomic E-state index is 0.234. The molecule has 2 aromatic carbocycles.